The van der Waals surface area contributed by atoms with Gasteiger partial charge in [-0.15, -0.1) is 0 Å². The van der Waals surface area contributed by atoms with Gasteiger partial charge in [0.1, 0.15) is 0 Å². The molecule has 0 saturated carbocycles. The fourth-order valence-electron chi connectivity index (χ4n) is 1.82. The van der Waals surface area contributed by atoms with E-state index in [-0.39, 0.29) is 5.67 Å². The minimum atomic E-state index is -1.47. The molecule has 0 heterocycles. The Bertz CT molecular complexity index is 195. The maximum atomic E-state index is 10.2. The zero-order valence-electron chi connectivity index (χ0n) is 9.29. The van der Waals surface area contributed by atoms with Gasteiger partial charge in [0.25, 0.3) is 0 Å². The highest BCUT2D eigenvalue weighted by Crippen LogP contribution is 2.21. The van der Waals surface area contributed by atoms with Crippen LogP contribution in [-0.4, -0.2) is 19.8 Å². The monoisotopic (exact) mass is 198 g/mol. The summed E-state index contributed by atoms with van der Waals surface area (Å²) in [7, 11) is -1.47. The van der Waals surface area contributed by atoms with E-state index in [2.05, 4.69) is 44.9 Å². The molecule has 0 amide bonds. The third-order valence-electron chi connectivity index (χ3n) is 2.22. The first-order valence-corrected chi connectivity index (χ1v) is 8.02. The molecule has 0 N–H and O–H groups in total. The lowest BCUT2D eigenvalue weighted by Crippen LogP contribution is -2.42. The van der Waals surface area contributed by atoms with Gasteiger partial charge in [0, 0.05) is 0 Å². The quantitative estimate of drug-likeness (QED) is 0.379. The molecule has 0 fully saturated rings. The summed E-state index contributed by atoms with van der Waals surface area (Å²) in [6.07, 6.45) is 2.63. The maximum absolute atomic E-state index is 10.2. The first kappa shape index (κ1) is 12.6. The Hall–Kier alpha value is -0.403. The van der Waals surface area contributed by atoms with Crippen molar-refractivity contribution < 1.29 is 4.79 Å². The van der Waals surface area contributed by atoms with Crippen molar-refractivity contribution in [3.05, 3.63) is 6.04 Å². The van der Waals surface area contributed by atoms with E-state index in [9.17, 15) is 4.79 Å². The van der Waals surface area contributed by atoms with E-state index in [0.29, 0.717) is 5.92 Å². The van der Waals surface area contributed by atoms with Crippen LogP contribution in [0, 0.1) is 12.0 Å². The summed E-state index contributed by atoms with van der Waals surface area (Å²) in [5.74, 6) is 0.581. The lowest BCUT2D eigenvalue weighted by atomic mass is 10.3. The van der Waals surface area contributed by atoms with Crippen molar-refractivity contribution in [2.45, 2.75) is 46.0 Å². The molecule has 0 aromatic carbocycles. The van der Waals surface area contributed by atoms with Crippen LogP contribution >= 0.6 is 0 Å². The van der Waals surface area contributed by atoms with Crippen LogP contribution in [0.5, 0.6) is 0 Å². The predicted molar refractivity (Wildman–Crippen MR) is 58.8 cm³/mol. The molecular weight excluding hydrogens is 178 g/mol. The number of rotatable bonds is 5. The van der Waals surface area contributed by atoms with Crippen LogP contribution in [0.25, 0.3) is 0 Å². The molecule has 0 rings (SSSR count). The Kier molecular flexibility index (Phi) is 5.19. The van der Waals surface area contributed by atoms with Crippen molar-refractivity contribution in [1.29, 1.82) is 0 Å². The summed E-state index contributed by atoms with van der Waals surface area (Å²) in [5.41, 5.74) is 0.201. The zero-order valence-corrected chi connectivity index (χ0v) is 10.3. The molecule has 1 radical (unpaired) electrons. The molecule has 0 bridgehead atoms. The van der Waals surface area contributed by atoms with Crippen LogP contribution in [-0.2, 0) is 4.79 Å². The molecule has 2 nitrogen and oxygen atoms in total. The van der Waals surface area contributed by atoms with Crippen LogP contribution in [0.4, 0.5) is 0 Å². The second-order valence-corrected chi connectivity index (χ2v) is 9.02. The van der Waals surface area contributed by atoms with Gasteiger partial charge in [0.15, 0.2) is 0 Å². The summed E-state index contributed by atoms with van der Waals surface area (Å²) in [6, 6.07) is 2.38. The molecule has 13 heavy (non-hydrogen) atoms. The largest absolute Gasteiger partial charge is 0.234 e. The number of hydrogen-bond acceptors (Lipinski definition) is 2. The standard InChI is InChI=1S/C10H20NOSi/c1-6-10(11-8-12)13(4,5)7-9(2)3/h7,9-10H,6H2,1-5H3. The van der Waals surface area contributed by atoms with Gasteiger partial charge in [-0.05, 0) is 18.4 Å². The van der Waals surface area contributed by atoms with Crippen LogP contribution in [0.2, 0.25) is 13.1 Å². The number of nitrogens with zero attached hydrogens (tertiary/aromatic N) is 1. The van der Waals surface area contributed by atoms with Crippen molar-refractivity contribution in [2.24, 2.45) is 10.9 Å². The highest BCUT2D eigenvalue weighted by Gasteiger charge is 2.31. The van der Waals surface area contributed by atoms with Gasteiger partial charge in [-0.2, -0.15) is 0 Å². The second kappa shape index (κ2) is 5.35. The highest BCUT2D eigenvalue weighted by molar-refractivity contribution is 6.82. The first-order valence-electron chi connectivity index (χ1n) is 4.87. The molecule has 0 aliphatic rings. The number of carbonyl (C=O) groups excluding carboxylic acids is 1. The normalized spacial score (nSPS) is 14.0. The van der Waals surface area contributed by atoms with E-state index >= 15 is 0 Å². The SMILES string of the molecule is CCC(N=C=O)[Si](C)(C)[CH]C(C)C. The Balaban J connectivity index is 4.46. The van der Waals surface area contributed by atoms with Crippen molar-refractivity contribution in [3.8, 4) is 0 Å². The second-order valence-electron chi connectivity index (χ2n) is 4.38. The Labute approximate surface area is 82.5 Å². The van der Waals surface area contributed by atoms with Gasteiger partial charge >= 0.3 is 0 Å². The first-order chi connectivity index (χ1) is 5.94. The Morgan fingerprint density at radius 1 is 1.46 bits per heavy atom. The molecule has 0 aromatic heterocycles. The van der Waals surface area contributed by atoms with E-state index in [4.69, 9.17) is 0 Å². The van der Waals surface area contributed by atoms with Crippen LogP contribution < -0.4 is 0 Å². The smallest absolute Gasteiger partial charge is 0.211 e. The molecule has 0 aliphatic carbocycles. The van der Waals surface area contributed by atoms with Gasteiger partial charge in [0.2, 0.25) is 6.08 Å². The molecular formula is C10H20NOSi. The van der Waals surface area contributed by atoms with Crippen molar-refractivity contribution in [2.75, 3.05) is 0 Å². The minimum Gasteiger partial charge on any atom is -0.211 e. The van der Waals surface area contributed by atoms with Gasteiger partial charge in [0.05, 0.1) is 13.7 Å². The van der Waals surface area contributed by atoms with Crippen molar-refractivity contribution in [1.82, 2.24) is 0 Å². The summed E-state index contributed by atoms with van der Waals surface area (Å²) in [6.45, 7) is 10.9. The van der Waals surface area contributed by atoms with E-state index in [1.807, 2.05) is 0 Å². The fraction of sp³-hybridized carbons (Fsp3) is 0.800. The molecule has 75 valence electrons. The van der Waals surface area contributed by atoms with Crippen molar-refractivity contribution in [3.63, 3.8) is 0 Å². The third kappa shape index (κ3) is 4.39. The number of aliphatic imine (C=N–C) groups is 1. The number of hydrogen-bond donors (Lipinski definition) is 0. The van der Waals surface area contributed by atoms with Crippen LogP contribution in [0.3, 0.4) is 0 Å². The van der Waals surface area contributed by atoms with Crippen LogP contribution in [0.15, 0.2) is 4.99 Å². The van der Waals surface area contributed by atoms with Gasteiger partial charge in [-0.25, -0.2) is 9.79 Å². The highest BCUT2D eigenvalue weighted by atomic mass is 28.3. The lowest BCUT2D eigenvalue weighted by molar-refractivity contribution is 0.560. The van der Waals surface area contributed by atoms with Gasteiger partial charge in [-0.1, -0.05) is 33.9 Å². The Morgan fingerprint density at radius 2 is 2.00 bits per heavy atom. The third-order valence-corrected chi connectivity index (χ3v) is 6.00. The molecule has 1 unspecified atom stereocenters. The maximum Gasteiger partial charge on any atom is 0.234 e. The fourth-order valence-corrected chi connectivity index (χ4v) is 5.20. The average molecular weight is 198 g/mol. The Morgan fingerprint density at radius 3 is 2.31 bits per heavy atom. The molecule has 0 aliphatic heterocycles. The number of isocyanates is 1. The summed E-state index contributed by atoms with van der Waals surface area (Å²) < 4.78 is 0. The zero-order chi connectivity index (χ0) is 10.5. The molecule has 0 saturated heterocycles. The lowest BCUT2D eigenvalue weighted by Gasteiger charge is -2.29. The summed E-state index contributed by atoms with van der Waals surface area (Å²) in [4.78, 5) is 14.1. The van der Waals surface area contributed by atoms with E-state index in [0.717, 1.165) is 6.42 Å². The predicted octanol–water partition coefficient (Wildman–Crippen LogP) is 2.75. The minimum absolute atomic E-state index is 0.201. The van der Waals surface area contributed by atoms with Gasteiger partial charge in [-0.3, -0.25) is 0 Å². The van der Waals surface area contributed by atoms with Gasteiger partial charge < -0.3 is 0 Å². The molecule has 1 atom stereocenters. The topological polar surface area (TPSA) is 29.4 Å². The van der Waals surface area contributed by atoms with Crippen LogP contribution in [0.1, 0.15) is 27.2 Å². The van der Waals surface area contributed by atoms with E-state index in [1.54, 1.807) is 6.08 Å². The summed E-state index contributed by atoms with van der Waals surface area (Å²) in [5, 5.41) is 0. The molecule has 0 spiro atoms. The summed E-state index contributed by atoms with van der Waals surface area (Å²) >= 11 is 0. The van der Waals surface area contributed by atoms with E-state index < -0.39 is 8.07 Å². The average Bonchev–Trinajstić information content (AvgIpc) is 1.97. The molecule has 0 aromatic rings. The van der Waals surface area contributed by atoms with E-state index in [1.165, 1.54) is 0 Å². The van der Waals surface area contributed by atoms with Crippen molar-refractivity contribution >= 4 is 14.2 Å². The molecule has 3 heteroatoms.